The number of hydrogen-bond donors (Lipinski definition) is 0. The van der Waals surface area contributed by atoms with Gasteiger partial charge in [-0.25, -0.2) is 0 Å². The molecule has 0 aliphatic carbocycles. The van der Waals surface area contributed by atoms with Gasteiger partial charge >= 0.3 is 0 Å². The molecule has 0 spiro atoms. The molecule has 0 N–H and O–H groups in total. The Labute approximate surface area is 129 Å². The van der Waals surface area contributed by atoms with Crippen LogP contribution in [0.3, 0.4) is 0 Å². The Morgan fingerprint density at radius 3 is 3.10 bits per heavy atom. The third kappa shape index (κ3) is 4.33. The van der Waals surface area contributed by atoms with Crippen molar-refractivity contribution in [3.63, 3.8) is 0 Å². The highest BCUT2D eigenvalue weighted by Gasteiger charge is 2.20. The van der Waals surface area contributed by atoms with Gasteiger partial charge < -0.3 is 4.74 Å². The summed E-state index contributed by atoms with van der Waals surface area (Å²) in [5, 5.41) is 0. The van der Waals surface area contributed by atoms with Crippen molar-refractivity contribution in [3.05, 3.63) is 46.2 Å². The second-order valence-electron chi connectivity index (χ2n) is 5.59. The van der Waals surface area contributed by atoms with E-state index in [0.29, 0.717) is 5.92 Å². The van der Waals surface area contributed by atoms with Crippen molar-refractivity contribution in [2.45, 2.75) is 19.9 Å². The molecule has 5 heteroatoms. The van der Waals surface area contributed by atoms with Gasteiger partial charge in [0.1, 0.15) is 0 Å². The lowest BCUT2D eigenvalue weighted by atomic mass is 10.0. The number of thiophene rings is 1. The summed E-state index contributed by atoms with van der Waals surface area (Å²) in [6.07, 6.45) is 6.28. The SMILES string of the molecule is Cc1ccc(CN2CCOC[C@@H](Cc3cnccn3)C2)s1. The molecular weight excluding hydrogens is 282 g/mol. The minimum Gasteiger partial charge on any atom is -0.380 e. The standard InChI is InChI=1S/C16H21N3OS/c1-13-2-3-16(21-13)11-19-6-7-20-12-14(10-19)8-15-9-17-4-5-18-15/h2-5,9,14H,6-8,10-12H2,1H3/t14-/m0/s1. The van der Waals surface area contributed by atoms with E-state index >= 15 is 0 Å². The first-order valence-electron chi connectivity index (χ1n) is 7.40. The van der Waals surface area contributed by atoms with E-state index in [2.05, 4.69) is 33.9 Å². The summed E-state index contributed by atoms with van der Waals surface area (Å²) in [6, 6.07) is 4.44. The minimum atomic E-state index is 0.491. The zero-order valence-electron chi connectivity index (χ0n) is 12.4. The monoisotopic (exact) mass is 303 g/mol. The Hall–Kier alpha value is -1.30. The molecule has 1 aliphatic heterocycles. The Balaban J connectivity index is 1.60. The number of nitrogens with zero attached hydrogens (tertiary/aromatic N) is 3. The highest BCUT2D eigenvalue weighted by Crippen LogP contribution is 2.19. The lowest BCUT2D eigenvalue weighted by molar-refractivity contribution is 0.121. The third-order valence-corrected chi connectivity index (χ3v) is 4.70. The molecule has 0 bridgehead atoms. The molecule has 21 heavy (non-hydrogen) atoms. The van der Waals surface area contributed by atoms with Gasteiger partial charge in [0.2, 0.25) is 0 Å². The lowest BCUT2D eigenvalue weighted by Crippen LogP contribution is -2.30. The first-order valence-corrected chi connectivity index (χ1v) is 8.21. The van der Waals surface area contributed by atoms with Gasteiger partial charge in [-0.15, -0.1) is 11.3 Å². The van der Waals surface area contributed by atoms with E-state index in [1.807, 2.05) is 17.5 Å². The van der Waals surface area contributed by atoms with Gasteiger partial charge in [0.05, 0.1) is 18.9 Å². The molecular formula is C16H21N3OS. The molecule has 0 saturated carbocycles. The Morgan fingerprint density at radius 2 is 2.33 bits per heavy atom. The van der Waals surface area contributed by atoms with Crippen LogP contribution < -0.4 is 0 Å². The molecule has 3 rings (SSSR count). The van der Waals surface area contributed by atoms with Crippen molar-refractivity contribution in [2.24, 2.45) is 5.92 Å². The fraction of sp³-hybridized carbons (Fsp3) is 0.500. The average molecular weight is 303 g/mol. The predicted molar refractivity (Wildman–Crippen MR) is 84.4 cm³/mol. The molecule has 1 fully saturated rings. The third-order valence-electron chi connectivity index (χ3n) is 3.71. The molecule has 2 aromatic rings. The fourth-order valence-electron chi connectivity index (χ4n) is 2.74. The molecule has 4 nitrogen and oxygen atoms in total. The van der Waals surface area contributed by atoms with E-state index < -0.39 is 0 Å². The Morgan fingerprint density at radius 1 is 1.38 bits per heavy atom. The molecule has 0 unspecified atom stereocenters. The lowest BCUT2D eigenvalue weighted by Gasteiger charge is -2.22. The van der Waals surface area contributed by atoms with Gasteiger partial charge in [0.25, 0.3) is 0 Å². The maximum absolute atomic E-state index is 5.77. The second kappa shape index (κ2) is 7.11. The summed E-state index contributed by atoms with van der Waals surface area (Å²) >= 11 is 1.89. The van der Waals surface area contributed by atoms with Gasteiger partial charge in [0.15, 0.2) is 0 Å². The van der Waals surface area contributed by atoms with Crippen LogP contribution in [0.1, 0.15) is 15.4 Å². The van der Waals surface area contributed by atoms with Crippen LogP contribution in [0.25, 0.3) is 0 Å². The Kier molecular flexibility index (Phi) is 4.95. The average Bonchev–Trinajstić information content (AvgIpc) is 2.76. The Bertz CT molecular complexity index is 558. The van der Waals surface area contributed by atoms with Gasteiger partial charge in [-0.1, -0.05) is 0 Å². The molecule has 3 heterocycles. The number of hydrogen-bond acceptors (Lipinski definition) is 5. The summed E-state index contributed by atoms with van der Waals surface area (Å²) in [5.74, 6) is 0.491. The summed E-state index contributed by atoms with van der Waals surface area (Å²) in [4.78, 5) is 13.8. The van der Waals surface area contributed by atoms with Crippen LogP contribution in [-0.2, 0) is 17.7 Å². The van der Waals surface area contributed by atoms with Crippen molar-refractivity contribution < 1.29 is 4.74 Å². The zero-order valence-corrected chi connectivity index (χ0v) is 13.2. The summed E-state index contributed by atoms with van der Waals surface area (Å²) in [7, 11) is 0. The second-order valence-corrected chi connectivity index (χ2v) is 6.96. The number of rotatable bonds is 4. The zero-order chi connectivity index (χ0) is 14.5. The molecule has 0 amide bonds. The summed E-state index contributed by atoms with van der Waals surface area (Å²) in [6.45, 7) is 6.90. The minimum absolute atomic E-state index is 0.491. The van der Waals surface area contributed by atoms with Crippen LogP contribution >= 0.6 is 11.3 Å². The van der Waals surface area contributed by atoms with Crippen LogP contribution in [0, 0.1) is 12.8 Å². The van der Waals surface area contributed by atoms with E-state index in [4.69, 9.17) is 4.74 Å². The first kappa shape index (κ1) is 14.6. The maximum Gasteiger partial charge on any atom is 0.0593 e. The number of aromatic nitrogens is 2. The smallest absolute Gasteiger partial charge is 0.0593 e. The molecule has 0 radical (unpaired) electrons. The van der Waals surface area contributed by atoms with E-state index in [1.54, 1.807) is 12.4 Å². The van der Waals surface area contributed by atoms with E-state index in [1.165, 1.54) is 9.75 Å². The van der Waals surface area contributed by atoms with Gasteiger partial charge in [-0.05, 0) is 25.5 Å². The largest absolute Gasteiger partial charge is 0.380 e. The van der Waals surface area contributed by atoms with E-state index in [9.17, 15) is 0 Å². The van der Waals surface area contributed by atoms with E-state index in [-0.39, 0.29) is 0 Å². The molecule has 112 valence electrons. The normalized spacial score (nSPS) is 20.3. The van der Waals surface area contributed by atoms with Crippen molar-refractivity contribution in [1.29, 1.82) is 0 Å². The topological polar surface area (TPSA) is 38.2 Å². The van der Waals surface area contributed by atoms with Crippen LogP contribution in [-0.4, -0.2) is 41.2 Å². The van der Waals surface area contributed by atoms with Crippen LogP contribution in [0.15, 0.2) is 30.7 Å². The molecule has 2 aromatic heterocycles. The quantitative estimate of drug-likeness (QED) is 0.870. The number of ether oxygens (including phenoxy) is 1. The maximum atomic E-state index is 5.77. The predicted octanol–water partition coefficient (Wildman–Crippen LogP) is 2.54. The van der Waals surface area contributed by atoms with Gasteiger partial charge in [0, 0.05) is 53.9 Å². The van der Waals surface area contributed by atoms with Crippen molar-refractivity contribution in [3.8, 4) is 0 Å². The molecule has 1 saturated heterocycles. The van der Waals surface area contributed by atoms with Gasteiger partial charge in [-0.3, -0.25) is 14.9 Å². The molecule has 1 atom stereocenters. The van der Waals surface area contributed by atoms with Crippen LogP contribution in [0.2, 0.25) is 0 Å². The van der Waals surface area contributed by atoms with Crippen molar-refractivity contribution in [1.82, 2.24) is 14.9 Å². The highest BCUT2D eigenvalue weighted by atomic mass is 32.1. The molecule has 1 aliphatic rings. The summed E-state index contributed by atoms with van der Waals surface area (Å²) in [5.41, 5.74) is 1.06. The van der Waals surface area contributed by atoms with E-state index in [0.717, 1.165) is 45.0 Å². The number of aryl methyl sites for hydroxylation is 1. The van der Waals surface area contributed by atoms with Gasteiger partial charge in [-0.2, -0.15) is 0 Å². The van der Waals surface area contributed by atoms with Crippen LogP contribution in [0.4, 0.5) is 0 Å². The highest BCUT2D eigenvalue weighted by molar-refractivity contribution is 7.11. The first-order chi connectivity index (χ1) is 10.3. The fourth-order valence-corrected chi connectivity index (χ4v) is 3.67. The summed E-state index contributed by atoms with van der Waals surface area (Å²) < 4.78 is 5.77. The molecule has 0 aromatic carbocycles. The van der Waals surface area contributed by atoms with Crippen molar-refractivity contribution in [2.75, 3.05) is 26.3 Å². The van der Waals surface area contributed by atoms with Crippen molar-refractivity contribution >= 4 is 11.3 Å². The van der Waals surface area contributed by atoms with Crippen LogP contribution in [0.5, 0.6) is 0 Å².